The van der Waals surface area contributed by atoms with E-state index in [0.717, 1.165) is 11.4 Å². The van der Waals surface area contributed by atoms with Crippen LogP contribution in [-0.4, -0.2) is 20.9 Å². The molecule has 0 unspecified atom stereocenters. The Morgan fingerprint density at radius 2 is 1.81 bits per heavy atom. The Hall–Kier alpha value is -2.24. The van der Waals surface area contributed by atoms with Gasteiger partial charge >= 0.3 is 0 Å². The van der Waals surface area contributed by atoms with Gasteiger partial charge in [0.25, 0.3) is 5.91 Å². The Bertz CT molecular complexity index is 593. The molecule has 2 rings (SSSR count). The number of anilines is 1. The highest BCUT2D eigenvalue weighted by Gasteiger charge is 2.11. The van der Waals surface area contributed by atoms with Crippen molar-refractivity contribution in [3.63, 3.8) is 0 Å². The van der Waals surface area contributed by atoms with E-state index in [1.54, 1.807) is 0 Å². The summed E-state index contributed by atoms with van der Waals surface area (Å²) in [7, 11) is 0. The number of hydrogen-bond donors (Lipinski definition) is 2. The lowest BCUT2D eigenvalue weighted by molar-refractivity contribution is 0.100. The SMILES string of the molecule is Cc1nc2cc(C(N)=O)c(N)nc2nc1C. The minimum absolute atomic E-state index is 0.0811. The summed E-state index contributed by atoms with van der Waals surface area (Å²) in [5.74, 6) is -0.538. The molecule has 0 fully saturated rings. The first-order chi connectivity index (χ1) is 7.49. The van der Waals surface area contributed by atoms with E-state index in [0.29, 0.717) is 11.2 Å². The molecule has 0 radical (unpaired) electrons. The molecular formula is C10H11N5O. The lowest BCUT2D eigenvalue weighted by Gasteiger charge is -2.05. The molecule has 0 saturated carbocycles. The van der Waals surface area contributed by atoms with E-state index >= 15 is 0 Å². The van der Waals surface area contributed by atoms with Gasteiger partial charge in [-0.15, -0.1) is 0 Å². The van der Waals surface area contributed by atoms with Gasteiger partial charge in [-0.2, -0.15) is 0 Å². The number of aromatic nitrogens is 3. The number of nitrogens with two attached hydrogens (primary N) is 2. The standard InChI is InChI=1S/C10H11N5O/c1-4-5(2)14-10-7(13-4)3-6(9(12)16)8(11)15-10/h3H,1-2H3,(H2,12,16)(H2,11,14,15). The van der Waals surface area contributed by atoms with Gasteiger partial charge in [0.05, 0.1) is 17.0 Å². The summed E-state index contributed by atoms with van der Waals surface area (Å²) in [5.41, 5.74) is 13.4. The van der Waals surface area contributed by atoms with Gasteiger partial charge in [-0.25, -0.2) is 15.0 Å². The van der Waals surface area contributed by atoms with Gasteiger partial charge in [0.1, 0.15) is 11.3 Å². The number of amides is 1. The summed E-state index contributed by atoms with van der Waals surface area (Å²) in [6.45, 7) is 3.67. The number of nitrogen functional groups attached to an aromatic ring is 1. The quantitative estimate of drug-likeness (QED) is 0.715. The Morgan fingerprint density at radius 3 is 2.44 bits per heavy atom. The molecule has 2 aromatic heterocycles. The maximum absolute atomic E-state index is 11.1. The van der Waals surface area contributed by atoms with Gasteiger partial charge in [-0.05, 0) is 19.9 Å². The average molecular weight is 217 g/mol. The number of carbonyl (C=O) groups is 1. The summed E-state index contributed by atoms with van der Waals surface area (Å²) in [5, 5.41) is 0. The van der Waals surface area contributed by atoms with Crippen LogP contribution in [-0.2, 0) is 0 Å². The third-order valence-electron chi connectivity index (χ3n) is 2.36. The number of nitrogens with zero attached hydrogens (tertiary/aromatic N) is 3. The second-order valence-corrected chi connectivity index (χ2v) is 3.52. The van der Waals surface area contributed by atoms with Crippen LogP contribution in [0.3, 0.4) is 0 Å². The first kappa shape index (κ1) is 10.3. The molecule has 0 aliphatic carbocycles. The first-order valence-electron chi connectivity index (χ1n) is 4.70. The van der Waals surface area contributed by atoms with Crippen molar-refractivity contribution in [3.05, 3.63) is 23.0 Å². The molecule has 0 aliphatic rings. The van der Waals surface area contributed by atoms with Gasteiger partial charge in [0, 0.05) is 0 Å². The maximum atomic E-state index is 11.1. The van der Waals surface area contributed by atoms with Crippen molar-refractivity contribution >= 4 is 22.9 Å². The van der Waals surface area contributed by atoms with Crippen LogP contribution in [0.2, 0.25) is 0 Å². The van der Waals surface area contributed by atoms with Crippen LogP contribution in [0, 0.1) is 13.8 Å². The fraction of sp³-hybridized carbons (Fsp3) is 0.200. The first-order valence-corrected chi connectivity index (χ1v) is 4.70. The number of hydrogen-bond acceptors (Lipinski definition) is 5. The highest BCUT2D eigenvalue weighted by molar-refractivity contribution is 5.99. The van der Waals surface area contributed by atoms with Gasteiger partial charge in [0.15, 0.2) is 5.65 Å². The number of rotatable bonds is 1. The number of primary amides is 1. The largest absolute Gasteiger partial charge is 0.383 e. The van der Waals surface area contributed by atoms with Crippen molar-refractivity contribution in [2.24, 2.45) is 5.73 Å². The van der Waals surface area contributed by atoms with Crippen LogP contribution in [0.15, 0.2) is 6.07 Å². The zero-order valence-electron chi connectivity index (χ0n) is 8.98. The van der Waals surface area contributed by atoms with E-state index in [4.69, 9.17) is 11.5 Å². The fourth-order valence-electron chi connectivity index (χ4n) is 1.37. The number of carbonyl (C=O) groups excluding carboxylic acids is 1. The second kappa shape index (κ2) is 3.41. The number of aryl methyl sites for hydroxylation is 2. The van der Waals surface area contributed by atoms with E-state index in [2.05, 4.69) is 15.0 Å². The van der Waals surface area contributed by atoms with Gasteiger partial charge in [-0.3, -0.25) is 4.79 Å². The van der Waals surface area contributed by atoms with Crippen molar-refractivity contribution < 1.29 is 4.79 Å². The van der Waals surface area contributed by atoms with Crippen molar-refractivity contribution in [1.82, 2.24) is 15.0 Å². The average Bonchev–Trinajstić information content (AvgIpc) is 2.19. The summed E-state index contributed by atoms with van der Waals surface area (Å²) >= 11 is 0. The maximum Gasteiger partial charge on any atom is 0.252 e. The van der Waals surface area contributed by atoms with Crippen molar-refractivity contribution in [3.8, 4) is 0 Å². The van der Waals surface area contributed by atoms with Gasteiger partial charge in [0.2, 0.25) is 0 Å². The molecule has 6 heteroatoms. The Labute approximate surface area is 91.7 Å². The van der Waals surface area contributed by atoms with Crippen molar-refractivity contribution in [2.75, 3.05) is 5.73 Å². The summed E-state index contributed by atoms with van der Waals surface area (Å²) in [4.78, 5) is 23.6. The Kier molecular flexibility index (Phi) is 2.19. The molecule has 0 aliphatic heterocycles. The molecule has 16 heavy (non-hydrogen) atoms. The van der Waals surface area contributed by atoms with Crippen LogP contribution in [0.4, 0.5) is 5.82 Å². The van der Waals surface area contributed by atoms with Gasteiger partial charge < -0.3 is 11.5 Å². The lowest BCUT2D eigenvalue weighted by atomic mass is 10.2. The minimum atomic E-state index is -0.619. The smallest absolute Gasteiger partial charge is 0.252 e. The normalized spacial score (nSPS) is 10.6. The Balaban J connectivity index is 2.79. The minimum Gasteiger partial charge on any atom is -0.383 e. The van der Waals surface area contributed by atoms with Crippen LogP contribution >= 0.6 is 0 Å². The third kappa shape index (κ3) is 1.54. The van der Waals surface area contributed by atoms with E-state index in [1.807, 2.05) is 13.8 Å². The highest BCUT2D eigenvalue weighted by Crippen LogP contribution is 2.16. The van der Waals surface area contributed by atoms with Gasteiger partial charge in [-0.1, -0.05) is 0 Å². The topological polar surface area (TPSA) is 108 Å². The van der Waals surface area contributed by atoms with Crippen molar-refractivity contribution in [2.45, 2.75) is 13.8 Å². The molecule has 2 aromatic rings. The molecule has 2 heterocycles. The van der Waals surface area contributed by atoms with Crippen LogP contribution in [0.25, 0.3) is 11.2 Å². The highest BCUT2D eigenvalue weighted by atomic mass is 16.1. The molecule has 82 valence electrons. The Morgan fingerprint density at radius 1 is 1.19 bits per heavy atom. The monoisotopic (exact) mass is 217 g/mol. The molecule has 0 aromatic carbocycles. The number of fused-ring (bicyclic) bond motifs is 1. The molecule has 1 amide bonds. The van der Waals surface area contributed by atoms with E-state index in [-0.39, 0.29) is 11.4 Å². The molecule has 0 atom stereocenters. The summed E-state index contributed by atoms with van der Waals surface area (Å²) in [6, 6.07) is 1.51. The molecule has 6 nitrogen and oxygen atoms in total. The summed E-state index contributed by atoms with van der Waals surface area (Å²) in [6.07, 6.45) is 0. The lowest BCUT2D eigenvalue weighted by Crippen LogP contribution is -2.15. The molecule has 0 spiro atoms. The molecule has 0 bridgehead atoms. The summed E-state index contributed by atoms with van der Waals surface area (Å²) < 4.78 is 0. The fourth-order valence-corrected chi connectivity index (χ4v) is 1.37. The molecule has 4 N–H and O–H groups in total. The predicted molar refractivity (Wildman–Crippen MR) is 59.7 cm³/mol. The molecular weight excluding hydrogens is 206 g/mol. The van der Waals surface area contributed by atoms with Crippen LogP contribution in [0.5, 0.6) is 0 Å². The number of pyridine rings is 1. The zero-order chi connectivity index (χ0) is 11.9. The third-order valence-corrected chi connectivity index (χ3v) is 2.36. The van der Waals surface area contributed by atoms with E-state index in [9.17, 15) is 4.79 Å². The van der Waals surface area contributed by atoms with E-state index < -0.39 is 5.91 Å². The van der Waals surface area contributed by atoms with E-state index in [1.165, 1.54) is 6.07 Å². The van der Waals surface area contributed by atoms with Crippen LogP contribution in [0.1, 0.15) is 21.7 Å². The molecule has 0 saturated heterocycles. The van der Waals surface area contributed by atoms with Crippen molar-refractivity contribution in [1.29, 1.82) is 0 Å². The predicted octanol–water partition coefficient (Wildman–Crippen LogP) is 0.323. The van der Waals surface area contributed by atoms with Crippen LogP contribution < -0.4 is 11.5 Å². The zero-order valence-corrected chi connectivity index (χ0v) is 8.98. The second-order valence-electron chi connectivity index (χ2n) is 3.52.